The van der Waals surface area contributed by atoms with Crippen LogP contribution >= 0.6 is 0 Å². The molecular formula is C16H21N3O2. The van der Waals surface area contributed by atoms with Gasteiger partial charge in [-0.1, -0.05) is 37.3 Å². The van der Waals surface area contributed by atoms with Crippen molar-refractivity contribution in [3.63, 3.8) is 0 Å². The van der Waals surface area contributed by atoms with Crippen LogP contribution < -0.4 is 10.5 Å². The van der Waals surface area contributed by atoms with Crippen molar-refractivity contribution >= 4 is 5.69 Å². The summed E-state index contributed by atoms with van der Waals surface area (Å²) in [7, 11) is 1.93. The van der Waals surface area contributed by atoms with Gasteiger partial charge in [0.15, 0.2) is 0 Å². The van der Waals surface area contributed by atoms with Crippen LogP contribution in [-0.2, 0) is 13.1 Å². The van der Waals surface area contributed by atoms with Gasteiger partial charge in [-0.05, 0) is 11.5 Å². The molecule has 0 fully saturated rings. The molecule has 5 nitrogen and oxygen atoms in total. The number of aliphatic hydroxyl groups is 1. The Morgan fingerprint density at radius 1 is 1.33 bits per heavy atom. The SMILES string of the molecule is C[C@@H](CO)Cn1ncc(N(C)Cc2ccccc2)cc1=O. The maximum absolute atomic E-state index is 12.0. The number of anilines is 1. The standard InChI is InChI=1S/C16H21N3O2/c1-13(12-20)10-19-16(21)8-15(9-17-19)18(2)11-14-6-4-3-5-7-14/h3-9,13,20H,10-12H2,1-2H3/t13-/m1/s1. The van der Waals surface area contributed by atoms with E-state index in [1.54, 1.807) is 12.3 Å². The Hall–Kier alpha value is -2.14. The molecule has 1 aromatic heterocycles. The average Bonchev–Trinajstić information content (AvgIpc) is 2.50. The Bertz CT molecular complexity index is 625. The molecule has 0 radical (unpaired) electrons. The predicted octanol–water partition coefficient (Wildman–Crippen LogP) is 1.51. The molecule has 0 spiro atoms. The first-order valence-corrected chi connectivity index (χ1v) is 7.03. The molecule has 5 heteroatoms. The summed E-state index contributed by atoms with van der Waals surface area (Å²) in [5, 5.41) is 13.2. The van der Waals surface area contributed by atoms with Crippen LogP contribution in [0.2, 0.25) is 0 Å². The van der Waals surface area contributed by atoms with Crippen LogP contribution in [0.4, 0.5) is 5.69 Å². The van der Waals surface area contributed by atoms with Gasteiger partial charge in [0.1, 0.15) is 0 Å². The Kier molecular flexibility index (Phi) is 5.11. The Morgan fingerprint density at radius 3 is 2.67 bits per heavy atom. The number of aliphatic hydroxyl groups excluding tert-OH is 1. The Labute approximate surface area is 124 Å². The molecule has 1 N–H and O–H groups in total. The largest absolute Gasteiger partial charge is 0.396 e. The van der Waals surface area contributed by atoms with Gasteiger partial charge in [0.2, 0.25) is 0 Å². The van der Waals surface area contributed by atoms with E-state index in [1.807, 2.05) is 49.2 Å². The molecule has 2 aromatic rings. The molecule has 0 saturated carbocycles. The third-order valence-electron chi connectivity index (χ3n) is 3.35. The van der Waals surface area contributed by atoms with Gasteiger partial charge in [0.05, 0.1) is 11.9 Å². The van der Waals surface area contributed by atoms with Crippen molar-refractivity contribution in [3.8, 4) is 0 Å². The fourth-order valence-electron chi connectivity index (χ4n) is 2.07. The zero-order chi connectivity index (χ0) is 15.2. The second-order valence-electron chi connectivity index (χ2n) is 5.36. The molecule has 1 atom stereocenters. The number of aromatic nitrogens is 2. The van der Waals surface area contributed by atoms with E-state index in [0.717, 1.165) is 12.2 Å². The molecule has 0 aliphatic rings. The lowest BCUT2D eigenvalue weighted by Gasteiger charge is -2.19. The van der Waals surface area contributed by atoms with Crippen molar-refractivity contribution < 1.29 is 5.11 Å². The van der Waals surface area contributed by atoms with Gasteiger partial charge >= 0.3 is 0 Å². The summed E-state index contributed by atoms with van der Waals surface area (Å²) in [4.78, 5) is 14.0. The molecule has 0 saturated heterocycles. The predicted molar refractivity (Wildman–Crippen MR) is 83.3 cm³/mol. The van der Waals surface area contributed by atoms with Gasteiger partial charge in [-0.15, -0.1) is 0 Å². The van der Waals surface area contributed by atoms with Gasteiger partial charge in [-0.2, -0.15) is 5.10 Å². The number of nitrogens with zero attached hydrogens (tertiary/aromatic N) is 3. The van der Waals surface area contributed by atoms with Crippen LogP contribution in [0, 0.1) is 5.92 Å². The average molecular weight is 287 g/mol. The zero-order valence-corrected chi connectivity index (χ0v) is 12.4. The number of rotatable bonds is 6. The normalized spacial score (nSPS) is 12.1. The quantitative estimate of drug-likeness (QED) is 0.875. The van der Waals surface area contributed by atoms with E-state index < -0.39 is 0 Å². The van der Waals surface area contributed by atoms with Gasteiger partial charge in [-0.3, -0.25) is 4.79 Å². The summed E-state index contributed by atoms with van der Waals surface area (Å²) < 4.78 is 1.39. The molecule has 1 heterocycles. The minimum Gasteiger partial charge on any atom is -0.396 e. The van der Waals surface area contributed by atoms with Gasteiger partial charge in [-0.25, -0.2) is 4.68 Å². The summed E-state index contributed by atoms with van der Waals surface area (Å²) in [6.45, 7) is 3.07. The molecule has 2 rings (SSSR count). The van der Waals surface area contributed by atoms with Crippen molar-refractivity contribution in [2.24, 2.45) is 5.92 Å². The summed E-state index contributed by atoms with van der Waals surface area (Å²) in [5.74, 6) is 0.0168. The fourth-order valence-corrected chi connectivity index (χ4v) is 2.07. The molecule has 1 aromatic carbocycles. The van der Waals surface area contributed by atoms with Crippen LogP contribution in [0.15, 0.2) is 47.4 Å². The smallest absolute Gasteiger partial charge is 0.268 e. The van der Waals surface area contributed by atoms with Gasteiger partial charge < -0.3 is 10.0 Å². The molecular weight excluding hydrogens is 266 g/mol. The Morgan fingerprint density at radius 2 is 2.05 bits per heavy atom. The van der Waals surface area contributed by atoms with Crippen molar-refractivity contribution in [2.75, 3.05) is 18.6 Å². The van der Waals surface area contributed by atoms with E-state index in [2.05, 4.69) is 5.10 Å². The highest BCUT2D eigenvalue weighted by Crippen LogP contribution is 2.12. The van der Waals surface area contributed by atoms with E-state index in [0.29, 0.717) is 6.54 Å². The third-order valence-corrected chi connectivity index (χ3v) is 3.35. The summed E-state index contributed by atoms with van der Waals surface area (Å²) in [6, 6.07) is 11.7. The zero-order valence-electron chi connectivity index (χ0n) is 12.4. The van der Waals surface area contributed by atoms with Crippen molar-refractivity contribution in [1.29, 1.82) is 0 Å². The summed E-state index contributed by atoms with van der Waals surface area (Å²) in [6.07, 6.45) is 1.69. The highest BCUT2D eigenvalue weighted by Gasteiger charge is 2.08. The van der Waals surface area contributed by atoms with Crippen molar-refractivity contribution in [1.82, 2.24) is 9.78 Å². The third kappa shape index (κ3) is 4.16. The second kappa shape index (κ2) is 7.04. The van der Waals surface area contributed by atoms with E-state index in [1.165, 1.54) is 10.2 Å². The minimum atomic E-state index is -0.146. The first kappa shape index (κ1) is 15.3. The first-order chi connectivity index (χ1) is 10.1. The molecule has 0 aliphatic heterocycles. The Balaban J connectivity index is 2.10. The van der Waals surface area contributed by atoms with Gasteiger partial charge in [0.25, 0.3) is 5.56 Å². The van der Waals surface area contributed by atoms with Crippen molar-refractivity contribution in [2.45, 2.75) is 20.0 Å². The molecule has 112 valence electrons. The summed E-state index contributed by atoms with van der Waals surface area (Å²) >= 11 is 0. The molecule has 0 amide bonds. The molecule has 0 aliphatic carbocycles. The summed E-state index contributed by atoms with van der Waals surface area (Å²) in [5.41, 5.74) is 1.82. The van der Waals surface area contributed by atoms with E-state index in [-0.39, 0.29) is 18.1 Å². The number of benzene rings is 1. The van der Waals surface area contributed by atoms with Crippen LogP contribution in [0.3, 0.4) is 0 Å². The molecule has 21 heavy (non-hydrogen) atoms. The maximum Gasteiger partial charge on any atom is 0.268 e. The van der Waals surface area contributed by atoms with Crippen LogP contribution in [-0.4, -0.2) is 28.5 Å². The van der Waals surface area contributed by atoms with E-state index in [9.17, 15) is 4.79 Å². The highest BCUT2D eigenvalue weighted by molar-refractivity contribution is 5.42. The molecule has 0 unspecified atom stereocenters. The van der Waals surface area contributed by atoms with Gasteiger partial charge in [0, 0.05) is 32.8 Å². The van der Waals surface area contributed by atoms with Crippen LogP contribution in [0.25, 0.3) is 0 Å². The monoisotopic (exact) mass is 287 g/mol. The highest BCUT2D eigenvalue weighted by atomic mass is 16.3. The second-order valence-corrected chi connectivity index (χ2v) is 5.36. The van der Waals surface area contributed by atoms with Crippen LogP contribution in [0.5, 0.6) is 0 Å². The lowest BCUT2D eigenvalue weighted by Crippen LogP contribution is -2.28. The minimum absolute atomic E-state index is 0.0168. The van der Waals surface area contributed by atoms with E-state index in [4.69, 9.17) is 5.11 Å². The topological polar surface area (TPSA) is 58.4 Å². The first-order valence-electron chi connectivity index (χ1n) is 7.03. The lowest BCUT2D eigenvalue weighted by molar-refractivity contribution is 0.217. The van der Waals surface area contributed by atoms with E-state index >= 15 is 0 Å². The van der Waals surface area contributed by atoms with Crippen molar-refractivity contribution in [3.05, 3.63) is 58.5 Å². The maximum atomic E-state index is 12.0. The number of hydrogen-bond donors (Lipinski definition) is 1. The number of hydrogen-bond acceptors (Lipinski definition) is 4. The molecule has 0 bridgehead atoms. The lowest BCUT2D eigenvalue weighted by atomic mass is 10.2. The fraction of sp³-hybridized carbons (Fsp3) is 0.375. The van der Waals surface area contributed by atoms with Crippen LogP contribution in [0.1, 0.15) is 12.5 Å².